The normalized spacial score (nSPS) is 14.0. The summed E-state index contributed by atoms with van der Waals surface area (Å²) in [6, 6.07) is 19.3. The van der Waals surface area contributed by atoms with Gasteiger partial charge in [-0.1, -0.05) is 59.6 Å². The second-order valence-corrected chi connectivity index (χ2v) is 8.74. The number of rotatable bonds is 9. The predicted octanol–water partition coefficient (Wildman–Crippen LogP) is 5.16. The Morgan fingerprint density at radius 1 is 1.05 bits per heavy atom. The number of nitrogens with zero attached hydrogens (tertiary/aromatic N) is 1. The number of anilines is 1. The smallest absolute Gasteiger partial charge is 0.329 e. The third-order valence-electron chi connectivity index (χ3n) is 5.47. The van der Waals surface area contributed by atoms with Crippen molar-refractivity contribution in [2.24, 2.45) is 0 Å². The molecule has 0 saturated carbocycles. The molecule has 0 atom stereocenters. The number of para-hydroxylation sites is 1. The van der Waals surface area contributed by atoms with Gasteiger partial charge in [0.15, 0.2) is 18.1 Å². The lowest BCUT2D eigenvalue weighted by atomic mass is 10.1. The van der Waals surface area contributed by atoms with Crippen LogP contribution < -0.4 is 20.1 Å². The third kappa shape index (κ3) is 6.48. The van der Waals surface area contributed by atoms with E-state index in [2.05, 4.69) is 10.6 Å². The molecule has 0 bridgehead atoms. The number of urea groups is 1. The largest absolute Gasteiger partial charge is 0.490 e. The zero-order chi connectivity index (χ0) is 26.4. The fourth-order valence-corrected chi connectivity index (χ4v) is 3.96. The van der Waals surface area contributed by atoms with Gasteiger partial charge in [-0.15, -0.1) is 0 Å². The molecule has 1 saturated heterocycles. The van der Waals surface area contributed by atoms with Crippen LogP contribution in [0.1, 0.15) is 23.6 Å². The molecule has 1 fully saturated rings. The Morgan fingerprint density at radius 2 is 1.78 bits per heavy atom. The fourth-order valence-electron chi connectivity index (χ4n) is 3.69. The summed E-state index contributed by atoms with van der Waals surface area (Å²) in [4.78, 5) is 38.8. The highest BCUT2D eigenvalue weighted by Crippen LogP contribution is 2.37. The van der Waals surface area contributed by atoms with Crippen molar-refractivity contribution in [1.82, 2.24) is 10.2 Å². The van der Waals surface area contributed by atoms with Crippen LogP contribution in [0.15, 0.2) is 72.4 Å². The van der Waals surface area contributed by atoms with Crippen LogP contribution in [0, 0.1) is 6.92 Å². The highest BCUT2D eigenvalue weighted by atomic mass is 35.5. The Kier molecular flexibility index (Phi) is 8.10. The minimum atomic E-state index is -0.502. The van der Waals surface area contributed by atoms with E-state index < -0.39 is 11.9 Å². The van der Waals surface area contributed by atoms with E-state index in [1.807, 2.05) is 49.4 Å². The van der Waals surface area contributed by atoms with Gasteiger partial charge in [-0.3, -0.25) is 14.5 Å². The Bertz CT molecular complexity index is 1340. The number of amides is 4. The first kappa shape index (κ1) is 25.8. The second kappa shape index (κ2) is 11.6. The van der Waals surface area contributed by atoms with Gasteiger partial charge in [0.2, 0.25) is 0 Å². The van der Waals surface area contributed by atoms with Crippen LogP contribution >= 0.6 is 11.6 Å². The van der Waals surface area contributed by atoms with Crippen molar-refractivity contribution in [2.45, 2.75) is 20.4 Å². The number of nitrogens with one attached hydrogen (secondary N) is 2. The Labute approximate surface area is 219 Å². The number of carbonyl (C=O) groups excluding carboxylic acids is 3. The van der Waals surface area contributed by atoms with Crippen molar-refractivity contribution in [3.8, 4) is 11.5 Å². The van der Waals surface area contributed by atoms with Gasteiger partial charge in [0.05, 0.1) is 18.2 Å². The maximum Gasteiger partial charge on any atom is 0.329 e. The molecule has 0 spiro atoms. The van der Waals surface area contributed by atoms with Gasteiger partial charge in [-0.2, -0.15) is 0 Å². The van der Waals surface area contributed by atoms with Crippen molar-refractivity contribution >= 4 is 41.2 Å². The lowest BCUT2D eigenvalue weighted by Gasteiger charge is -2.14. The first-order chi connectivity index (χ1) is 17.8. The van der Waals surface area contributed by atoms with E-state index in [-0.39, 0.29) is 35.5 Å². The Morgan fingerprint density at radius 3 is 2.49 bits per heavy atom. The number of halogens is 1. The van der Waals surface area contributed by atoms with E-state index in [4.69, 9.17) is 21.1 Å². The van der Waals surface area contributed by atoms with Crippen molar-refractivity contribution in [3.63, 3.8) is 0 Å². The standard InChI is InChI=1S/C28H26ClN3O5/c1-3-36-24-15-20(13-22(29)26(24)37-17-25(33)30-21-7-5-4-6-8-21)14-23-27(34)32(28(35)31-23)16-19-11-9-18(2)10-12-19/h4-15H,3,16-17H2,1-2H3,(H,30,33)(H,31,35)/b23-14+. The minimum Gasteiger partial charge on any atom is -0.490 e. The Balaban J connectivity index is 1.49. The monoisotopic (exact) mass is 519 g/mol. The van der Waals surface area contributed by atoms with E-state index >= 15 is 0 Å². The molecule has 1 aliphatic heterocycles. The molecule has 0 aliphatic carbocycles. The van der Waals surface area contributed by atoms with E-state index in [9.17, 15) is 14.4 Å². The van der Waals surface area contributed by atoms with Gasteiger partial charge < -0.3 is 20.1 Å². The summed E-state index contributed by atoms with van der Waals surface area (Å²) in [5.41, 5.74) is 3.22. The maximum atomic E-state index is 12.9. The lowest BCUT2D eigenvalue weighted by molar-refractivity contribution is -0.123. The number of carbonyl (C=O) groups is 3. The molecule has 4 rings (SSSR count). The molecule has 3 aromatic rings. The molecular formula is C28H26ClN3O5. The molecule has 0 unspecified atom stereocenters. The van der Waals surface area contributed by atoms with Crippen LogP contribution in [-0.2, 0) is 16.1 Å². The van der Waals surface area contributed by atoms with Gasteiger partial charge in [0.1, 0.15) is 5.70 Å². The molecule has 190 valence electrons. The number of imide groups is 1. The molecule has 4 amide bonds. The number of benzene rings is 3. The second-order valence-electron chi connectivity index (χ2n) is 8.33. The minimum absolute atomic E-state index is 0.117. The Hall–Kier alpha value is -4.30. The molecule has 3 aromatic carbocycles. The molecule has 37 heavy (non-hydrogen) atoms. The van der Waals surface area contributed by atoms with E-state index in [1.54, 1.807) is 31.2 Å². The van der Waals surface area contributed by atoms with E-state index in [0.717, 1.165) is 16.0 Å². The average molecular weight is 520 g/mol. The van der Waals surface area contributed by atoms with Gasteiger partial charge in [-0.25, -0.2) is 4.79 Å². The molecule has 8 nitrogen and oxygen atoms in total. The van der Waals surface area contributed by atoms with Crippen molar-refractivity contribution in [1.29, 1.82) is 0 Å². The summed E-state index contributed by atoms with van der Waals surface area (Å²) in [5.74, 6) is -0.291. The zero-order valence-corrected chi connectivity index (χ0v) is 21.2. The highest BCUT2D eigenvalue weighted by Gasteiger charge is 2.33. The first-order valence-electron chi connectivity index (χ1n) is 11.7. The molecule has 0 radical (unpaired) electrons. The number of hydrogen-bond acceptors (Lipinski definition) is 5. The molecule has 0 aromatic heterocycles. The topological polar surface area (TPSA) is 97.0 Å². The average Bonchev–Trinajstić information content (AvgIpc) is 3.13. The predicted molar refractivity (Wildman–Crippen MR) is 141 cm³/mol. The van der Waals surface area contributed by atoms with Crippen molar-refractivity contribution < 1.29 is 23.9 Å². The summed E-state index contributed by atoms with van der Waals surface area (Å²) in [6.45, 7) is 3.97. The van der Waals surface area contributed by atoms with Crippen LogP contribution in [0.5, 0.6) is 11.5 Å². The summed E-state index contributed by atoms with van der Waals surface area (Å²) in [7, 11) is 0. The number of hydrogen-bond donors (Lipinski definition) is 2. The van der Waals surface area contributed by atoms with Crippen LogP contribution in [-0.4, -0.2) is 36.0 Å². The summed E-state index contributed by atoms with van der Waals surface area (Å²) in [6.07, 6.45) is 1.52. The SMILES string of the molecule is CCOc1cc(/C=C2/NC(=O)N(Cc3ccc(C)cc3)C2=O)cc(Cl)c1OCC(=O)Nc1ccccc1. The maximum absolute atomic E-state index is 12.9. The summed E-state index contributed by atoms with van der Waals surface area (Å²) < 4.78 is 11.4. The van der Waals surface area contributed by atoms with Gasteiger partial charge in [0, 0.05) is 5.69 Å². The van der Waals surface area contributed by atoms with Gasteiger partial charge in [-0.05, 0) is 55.3 Å². The fraction of sp³-hybridized carbons (Fsp3) is 0.179. The zero-order valence-electron chi connectivity index (χ0n) is 20.4. The molecule has 1 aliphatic rings. The van der Waals surface area contributed by atoms with Crippen molar-refractivity contribution in [3.05, 3.63) is 94.1 Å². The van der Waals surface area contributed by atoms with E-state index in [0.29, 0.717) is 23.6 Å². The summed E-state index contributed by atoms with van der Waals surface area (Å²) in [5, 5.41) is 5.54. The lowest BCUT2D eigenvalue weighted by Crippen LogP contribution is -2.30. The highest BCUT2D eigenvalue weighted by molar-refractivity contribution is 6.32. The third-order valence-corrected chi connectivity index (χ3v) is 5.75. The molecular weight excluding hydrogens is 494 g/mol. The van der Waals surface area contributed by atoms with Gasteiger partial charge in [0.25, 0.3) is 11.8 Å². The quantitative estimate of drug-likeness (QED) is 0.301. The van der Waals surface area contributed by atoms with Crippen molar-refractivity contribution in [2.75, 3.05) is 18.5 Å². The first-order valence-corrected chi connectivity index (χ1v) is 12.1. The molecule has 9 heteroatoms. The molecule has 1 heterocycles. The molecule has 2 N–H and O–H groups in total. The number of ether oxygens (including phenoxy) is 2. The van der Waals surface area contributed by atoms with Crippen LogP contribution in [0.4, 0.5) is 10.5 Å². The van der Waals surface area contributed by atoms with Crippen LogP contribution in [0.3, 0.4) is 0 Å². The van der Waals surface area contributed by atoms with Crippen LogP contribution in [0.25, 0.3) is 6.08 Å². The number of aryl methyl sites for hydroxylation is 1. The van der Waals surface area contributed by atoms with Crippen LogP contribution in [0.2, 0.25) is 5.02 Å². The summed E-state index contributed by atoms with van der Waals surface area (Å²) >= 11 is 6.46. The van der Waals surface area contributed by atoms with E-state index in [1.165, 1.54) is 6.08 Å². The van der Waals surface area contributed by atoms with Gasteiger partial charge >= 0.3 is 6.03 Å².